The Bertz CT molecular complexity index is 754. The maximum atomic E-state index is 12.5. The summed E-state index contributed by atoms with van der Waals surface area (Å²) in [7, 11) is 0. The summed E-state index contributed by atoms with van der Waals surface area (Å²) < 4.78 is 0. The molecule has 3 rings (SSSR count). The van der Waals surface area contributed by atoms with Crippen molar-refractivity contribution >= 4 is 17.5 Å². The Morgan fingerprint density at radius 1 is 0.957 bits per heavy atom. The molecule has 5 heteroatoms. The zero-order valence-electron chi connectivity index (χ0n) is 12.2. The van der Waals surface area contributed by atoms with Crippen LogP contribution in [0.25, 0.3) is 0 Å². The average molecular weight is 324 g/mol. The molecule has 2 heterocycles. The van der Waals surface area contributed by atoms with E-state index in [1.807, 2.05) is 48.5 Å². The maximum absolute atomic E-state index is 12.5. The molecule has 1 aromatic carbocycles. The second-order valence-corrected chi connectivity index (χ2v) is 5.37. The smallest absolute Gasteiger partial charge is 0.270 e. The summed E-state index contributed by atoms with van der Waals surface area (Å²) in [6.45, 7) is 0. The van der Waals surface area contributed by atoms with Crippen LogP contribution in [0.4, 0.5) is 0 Å². The van der Waals surface area contributed by atoms with Gasteiger partial charge in [0.25, 0.3) is 5.91 Å². The first-order valence-corrected chi connectivity index (χ1v) is 7.50. The number of aromatic nitrogens is 2. The summed E-state index contributed by atoms with van der Waals surface area (Å²) >= 11 is 5.93. The molecule has 0 aliphatic carbocycles. The minimum Gasteiger partial charge on any atom is -0.338 e. The summed E-state index contributed by atoms with van der Waals surface area (Å²) in [6.07, 6.45) is 3.21. The number of hydrogen-bond donors (Lipinski definition) is 1. The molecule has 3 aromatic rings. The van der Waals surface area contributed by atoms with Crippen LogP contribution in [-0.2, 0) is 0 Å². The zero-order valence-corrected chi connectivity index (χ0v) is 12.9. The maximum Gasteiger partial charge on any atom is 0.270 e. The lowest BCUT2D eigenvalue weighted by Gasteiger charge is -2.18. The first kappa shape index (κ1) is 15.2. The molecule has 1 atom stereocenters. The van der Waals surface area contributed by atoms with Crippen molar-refractivity contribution in [1.82, 2.24) is 15.3 Å². The second-order valence-electron chi connectivity index (χ2n) is 4.93. The molecular formula is C18H14ClN3O. The first-order chi connectivity index (χ1) is 11.2. The first-order valence-electron chi connectivity index (χ1n) is 7.12. The van der Waals surface area contributed by atoms with E-state index in [4.69, 9.17) is 11.6 Å². The Balaban J connectivity index is 1.92. The van der Waals surface area contributed by atoms with Crippen LogP contribution in [0.1, 0.15) is 27.8 Å². The highest BCUT2D eigenvalue weighted by Gasteiger charge is 2.19. The molecule has 0 aliphatic rings. The van der Waals surface area contributed by atoms with E-state index in [1.165, 1.54) is 12.3 Å². The summed E-state index contributed by atoms with van der Waals surface area (Å²) in [6, 6.07) is 18.1. The second kappa shape index (κ2) is 7.03. The lowest BCUT2D eigenvalue weighted by Crippen LogP contribution is -2.30. The van der Waals surface area contributed by atoms with Crippen molar-refractivity contribution in [3.63, 3.8) is 0 Å². The van der Waals surface area contributed by atoms with Crippen molar-refractivity contribution in [3.8, 4) is 0 Å². The molecule has 0 saturated carbocycles. The highest BCUT2D eigenvalue weighted by Crippen LogP contribution is 2.20. The van der Waals surface area contributed by atoms with Gasteiger partial charge < -0.3 is 5.32 Å². The van der Waals surface area contributed by atoms with Crippen LogP contribution in [0.3, 0.4) is 0 Å². The highest BCUT2D eigenvalue weighted by molar-refractivity contribution is 6.30. The van der Waals surface area contributed by atoms with Crippen molar-refractivity contribution in [2.75, 3.05) is 0 Å². The number of hydrogen-bond acceptors (Lipinski definition) is 3. The summed E-state index contributed by atoms with van der Waals surface area (Å²) in [5, 5.41) is 3.44. The van der Waals surface area contributed by atoms with Crippen LogP contribution >= 0.6 is 11.6 Å². The minimum absolute atomic E-state index is 0.273. The van der Waals surface area contributed by atoms with Crippen LogP contribution < -0.4 is 5.32 Å². The van der Waals surface area contributed by atoms with Crippen LogP contribution in [0.15, 0.2) is 73.1 Å². The topological polar surface area (TPSA) is 54.9 Å². The van der Waals surface area contributed by atoms with E-state index in [1.54, 1.807) is 12.3 Å². The number of halogens is 1. The van der Waals surface area contributed by atoms with Crippen molar-refractivity contribution in [3.05, 3.63) is 95.0 Å². The fraction of sp³-hybridized carbons (Fsp3) is 0.0556. The van der Waals surface area contributed by atoms with Crippen LogP contribution in [-0.4, -0.2) is 15.9 Å². The molecule has 23 heavy (non-hydrogen) atoms. The molecule has 0 spiro atoms. The molecule has 114 valence electrons. The number of amides is 1. The number of pyridine rings is 2. The number of carbonyl (C=O) groups is 1. The van der Waals surface area contributed by atoms with Crippen LogP contribution in [0.2, 0.25) is 5.02 Å². The van der Waals surface area contributed by atoms with E-state index >= 15 is 0 Å². The third-order valence-corrected chi connectivity index (χ3v) is 3.58. The quantitative estimate of drug-likeness (QED) is 0.797. The predicted molar refractivity (Wildman–Crippen MR) is 89.2 cm³/mol. The van der Waals surface area contributed by atoms with Gasteiger partial charge in [-0.1, -0.05) is 48.0 Å². The molecule has 0 aliphatic heterocycles. The van der Waals surface area contributed by atoms with E-state index in [-0.39, 0.29) is 17.6 Å². The van der Waals surface area contributed by atoms with E-state index in [2.05, 4.69) is 15.3 Å². The molecule has 1 amide bonds. The molecule has 0 fully saturated rings. The highest BCUT2D eigenvalue weighted by atomic mass is 35.5. The number of benzene rings is 1. The largest absolute Gasteiger partial charge is 0.338 e. The average Bonchev–Trinajstić information content (AvgIpc) is 2.61. The summed E-state index contributed by atoms with van der Waals surface area (Å²) in [4.78, 5) is 20.9. The molecule has 0 radical (unpaired) electrons. The van der Waals surface area contributed by atoms with Crippen molar-refractivity contribution in [1.29, 1.82) is 0 Å². The Hall–Kier alpha value is -2.72. The van der Waals surface area contributed by atoms with Gasteiger partial charge in [-0.3, -0.25) is 14.8 Å². The van der Waals surface area contributed by atoms with E-state index < -0.39 is 0 Å². The lowest BCUT2D eigenvalue weighted by atomic mass is 10.0. The fourth-order valence-corrected chi connectivity index (χ4v) is 2.41. The third kappa shape index (κ3) is 3.73. The SMILES string of the molecule is O=C(NC(c1ccccc1)c1ccccn1)c1cc(Cl)ccn1. The van der Waals surface area contributed by atoms with Gasteiger partial charge in [-0.05, 0) is 29.8 Å². The Morgan fingerprint density at radius 2 is 1.74 bits per heavy atom. The normalized spacial score (nSPS) is 11.7. The number of rotatable bonds is 4. The van der Waals surface area contributed by atoms with Gasteiger partial charge in [0.05, 0.1) is 11.7 Å². The standard InChI is InChI=1S/C18H14ClN3O/c19-14-9-11-21-16(12-14)18(23)22-17(13-6-2-1-3-7-13)15-8-4-5-10-20-15/h1-12,17H,(H,22,23). The molecule has 0 bridgehead atoms. The minimum atomic E-state index is -0.356. The van der Waals surface area contributed by atoms with E-state index in [0.717, 1.165) is 11.3 Å². The summed E-state index contributed by atoms with van der Waals surface area (Å²) in [5.41, 5.74) is 1.98. The fourth-order valence-electron chi connectivity index (χ4n) is 2.25. The lowest BCUT2D eigenvalue weighted by molar-refractivity contribution is 0.0937. The summed E-state index contributed by atoms with van der Waals surface area (Å²) in [5.74, 6) is -0.299. The van der Waals surface area contributed by atoms with Gasteiger partial charge >= 0.3 is 0 Å². The van der Waals surface area contributed by atoms with Gasteiger partial charge in [0.2, 0.25) is 0 Å². The zero-order chi connectivity index (χ0) is 16.1. The van der Waals surface area contributed by atoms with Crippen molar-refractivity contribution in [2.24, 2.45) is 0 Å². The van der Waals surface area contributed by atoms with E-state index in [9.17, 15) is 4.79 Å². The molecule has 1 unspecified atom stereocenters. The molecule has 1 N–H and O–H groups in total. The van der Waals surface area contributed by atoms with Gasteiger partial charge in [-0.2, -0.15) is 0 Å². The van der Waals surface area contributed by atoms with Crippen LogP contribution in [0, 0.1) is 0 Å². The van der Waals surface area contributed by atoms with Gasteiger partial charge in [-0.15, -0.1) is 0 Å². The van der Waals surface area contributed by atoms with Gasteiger partial charge in [-0.25, -0.2) is 0 Å². The van der Waals surface area contributed by atoms with Gasteiger partial charge in [0.1, 0.15) is 5.69 Å². The molecule has 0 saturated heterocycles. The molecule has 4 nitrogen and oxygen atoms in total. The Kier molecular flexibility index (Phi) is 4.64. The van der Waals surface area contributed by atoms with Crippen molar-refractivity contribution < 1.29 is 4.79 Å². The number of nitrogens with zero attached hydrogens (tertiary/aromatic N) is 2. The third-order valence-electron chi connectivity index (χ3n) is 3.35. The molecule has 2 aromatic heterocycles. The Morgan fingerprint density at radius 3 is 2.43 bits per heavy atom. The van der Waals surface area contributed by atoms with Gasteiger partial charge in [0, 0.05) is 17.4 Å². The Labute approximate surface area is 139 Å². The monoisotopic (exact) mass is 323 g/mol. The van der Waals surface area contributed by atoms with Crippen molar-refractivity contribution in [2.45, 2.75) is 6.04 Å². The van der Waals surface area contributed by atoms with Gasteiger partial charge in [0.15, 0.2) is 0 Å². The van der Waals surface area contributed by atoms with Crippen LogP contribution in [0.5, 0.6) is 0 Å². The number of nitrogens with one attached hydrogen (secondary N) is 1. The van der Waals surface area contributed by atoms with E-state index in [0.29, 0.717) is 5.02 Å². The number of carbonyl (C=O) groups excluding carboxylic acids is 1. The molecular weight excluding hydrogens is 310 g/mol. The predicted octanol–water partition coefficient (Wildman–Crippen LogP) is 3.65.